The molecule has 1 heterocycles. The van der Waals surface area contributed by atoms with E-state index in [1.165, 1.54) is 27.9 Å². The second kappa shape index (κ2) is 3.51. The molecule has 0 saturated carbocycles. The first kappa shape index (κ1) is 11.5. The molecule has 1 nitrogen and oxygen atoms in total. The lowest BCUT2D eigenvalue weighted by atomic mass is 9.87. The van der Waals surface area contributed by atoms with Crippen LogP contribution < -0.4 is 4.90 Å². The lowest BCUT2D eigenvalue weighted by molar-refractivity contribution is 0.624. The zero-order valence-electron chi connectivity index (χ0n) is 11.6. The van der Waals surface area contributed by atoms with Crippen molar-refractivity contribution in [2.75, 3.05) is 11.9 Å². The monoisotopic (exact) mass is 217 g/mol. The summed E-state index contributed by atoms with van der Waals surface area (Å²) < 4.78 is 0. The number of hydrogen-bond donors (Lipinski definition) is 0. The van der Waals surface area contributed by atoms with E-state index in [1.54, 1.807) is 5.56 Å². The molecular weight excluding hydrogens is 194 g/mol. The number of fused-ring (bicyclic) bond motifs is 1. The van der Waals surface area contributed by atoms with Crippen molar-refractivity contribution >= 4 is 5.69 Å². The van der Waals surface area contributed by atoms with Crippen LogP contribution >= 0.6 is 0 Å². The molecule has 0 bridgehead atoms. The summed E-state index contributed by atoms with van der Waals surface area (Å²) in [7, 11) is 2.23. The Labute approximate surface area is 99.5 Å². The quantitative estimate of drug-likeness (QED) is 0.638. The van der Waals surface area contributed by atoms with E-state index in [-0.39, 0.29) is 0 Å². The van der Waals surface area contributed by atoms with E-state index in [0.717, 1.165) is 0 Å². The average Bonchev–Trinajstić information content (AvgIpc) is 2.48. The van der Waals surface area contributed by atoms with E-state index in [1.807, 2.05) is 0 Å². The number of anilines is 1. The number of hydrogen-bond acceptors (Lipinski definition) is 1. The van der Waals surface area contributed by atoms with E-state index in [0.29, 0.717) is 12.0 Å². The lowest BCUT2D eigenvalue weighted by Crippen LogP contribution is -2.26. The van der Waals surface area contributed by atoms with E-state index in [9.17, 15) is 0 Å². The smallest absolute Gasteiger partial charge is 0.0437 e. The summed E-state index contributed by atoms with van der Waals surface area (Å²) in [4.78, 5) is 2.45. The molecule has 0 amide bonds. The van der Waals surface area contributed by atoms with Gasteiger partial charge in [-0.15, -0.1) is 0 Å². The first-order valence-electron chi connectivity index (χ1n) is 6.21. The molecule has 0 N–H and O–H groups in total. The van der Waals surface area contributed by atoms with E-state index < -0.39 is 0 Å². The minimum absolute atomic E-state index is 0.619. The molecule has 0 aromatic heterocycles. The molecule has 0 saturated heterocycles. The number of likely N-dealkylation sites (N-methyl/N-ethyl adjacent to an activating group) is 1. The molecule has 1 aromatic rings. The van der Waals surface area contributed by atoms with Crippen LogP contribution in [0.2, 0.25) is 0 Å². The van der Waals surface area contributed by atoms with Crippen LogP contribution in [0, 0.1) is 27.7 Å². The first-order valence-corrected chi connectivity index (χ1v) is 6.21. The van der Waals surface area contributed by atoms with Gasteiger partial charge in [-0.25, -0.2) is 0 Å². The standard InChI is InChI=1S/C15H23N/c1-8-9(2)11(4)15-14(10(8)3)12(5)13(6)16(15)7/h12-13H,1-7H3. The van der Waals surface area contributed by atoms with Gasteiger partial charge in [0.25, 0.3) is 0 Å². The van der Waals surface area contributed by atoms with Crippen LogP contribution in [0.5, 0.6) is 0 Å². The van der Waals surface area contributed by atoms with Gasteiger partial charge in [0.15, 0.2) is 0 Å². The van der Waals surface area contributed by atoms with Crippen molar-refractivity contribution in [3.8, 4) is 0 Å². The third-order valence-corrected chi connectivity index (χ3v) is 4.84. The highest BCUT2D eigenvalue weighted by Crippen LogP contribution is 2.45. The third kappa shape index (κ3) is 1.24. The van der Waals surface area contributed by atoms with Crippen molar-refractivity contribution in [3.05, 3.63) is 27.8 Å². The van der Waals surface area contributed by atoms with E-state index in [4.69, 9.17) is 0 Å². The molecule has 0 aliphatic carbocycles. The van der Waals surface area contributed by atoms with E-state index >= 15 is 0 Å². The molecule has 0 radical (unpaired) electrons. The minimum atomic E-state index is 0.619. The van der Waals surface area contributed by atoms with Crippen LogP contribution in [0.3, 0.4) is 0 Å². The summed E-state index contributed by atoms with van der Waals surface area (Å²) in [5.41, 5.74) is 8.98. The van der Waals surface area contributed by atoms with Crippen molar-refractivity contribution in [2.45, 2.75) is 53.5 Å². The Morgan fingerprint density at radius 2 is 1.31 bits per heavy atom. The van der Waals surface area contributed by atoms with Crippen molar-refractivity contribution < 1.29 is 0 Å². The third-order valence-electron chi connectivity index (χ3n) is 4.84. The zero-order chi connectivity index (χ0) is 12.2. The van der Waals surface area contributed by atoms with Crippen molar-refractivity contribution in [3.63, 3.8) is 0 Å². The number of rotatable bonds is 0. The van der Waals surface area contributed by atoms with Crippen molar-refractivity contribution in [1.29, 1.82) is 0 Å². The van der Waals surface area contributed by atoms with Gasteiger partial charge >= 0.3 is 0 Å². The first-order chi connectivity index (χ1) is 7.37. The van der Waals surface area contributed by atoms with Gasteiger partial charge in [-0.3, -0.25) is 0 Å². The molecule has 88 valence electrons. The fourth-order valence-corrected chi connectivity index (χ4v) is 3.11. The number of nitrogens with zero attached hydrogens (tertiary/aromatic N) is 1. The Morgan fingerprint density at radius 3 is 1.88 bits per heavy atom. The molecule has 1 heteroatoms. The zero-order valence-corrected chi connectivity index (χ0v) is 11.6. The molecule has 0 fully saturated rings. The predicted molar refractivity (Wildman–Crippen MR) is 71.7 cm³/mol. The van der Waals surface area contributed by atoms with Gasteiger partial charge < -0.3 is 4.90 Å². The predicted octanol–water partition coefficient (Wildman–Crippen LogP) is 3.86. The maximum atomic E-state index is 2.45. The maximum Gasteiger partial charge on any atom is 0.0437 e. The average molecular weight is 217 g/mol. The Hall–Kier alpha value is -0.980. The fraction of sp³-hybridized carbons (Fsp3) is 0.600. The molecule has 0 spiro atoms. The molecule has 1 aromatic carbocycles. The van der Waals surface area contributed by atoms with Gasteiger partial charge in [0.1, 0.15) is 0 Å². The topological polar surface area (TPSA) is 3.24 Å². The normalized spacial score (nSPS) is 23.8. The summed E-state index contributed by atoms with van der Waals surface area (Å²) in [6.45, 7) is 13.7. The van der Waals surface area contributed by atoms with E-state index in [2.05, 4.69) is 53.5 Å². The number of benzene rings is 1. The molecule has 2 atom stereocenters. The molecular formula is C15H23N. The lowest BCUT2D eigenvalue weighted by Gasteiger charge is -2.23. The largest absolute Gasteiger partial charge is 0.371 e. The fourth-order valence-electron chi connectivity index (χ4n) is 3.11. The molecule has 2 unspecified atom stereocenters. The molecule has 1 aliphatic heterocycles. The Bertz CT molecular complexity index is 404. The van der Waals surface area contributed by atoms with Crippen LogP contribution in [0.15, 0.2) is 0 Å². The van der Waals surface area contributed by atoms with Crippen LogP contribution in [0.1, 0.15) is 47.6 Å². The summed E-state index contributed by atoms with van der Waals surface area (Å²) >= 11 is 0. The van der Waals surface area contributed by atoms with Gasteiger partial charge in [0, 0.05) is 24.7 Å². The van der Waals surface area contributed by atoms with Crippen LogP contribution in [0.25, 0.3) is 0 Å². The van der Waals surface area contributed by atoms with Gasteiger partial charge in [-0.2, -0.15) is 0 Å². The van der Waals surface area contributed by atoms with Gasteiger partial charge in [0.2, 0.25) is 0 Å². The Balaban J connectivity index is 2.80. The highest BCUT2D eigenvalue weighted by molar-refractivity contribution is 5.71. The summed E-state index contributed by atoms with van der Waals surface area (Å²) in [5, 5.41) is 0. The summed E-state index contributed by atoms with van der Waals surface area (Å²) in [5.74, 6) is 0.651. The van der Waals surface area contributed by atoms with Gasteiger partial charge in [-0.1, -0.05) is 6.92 Å². The van der Waals surface area contributed by atoms with Crippen LogP contribution in [-0.2, 0) is 0 Å². The molecule has 16 heavy (non-hydrogen) atoms. The second-order valence-corrected chi connectivity index (χ2v) is 5.40. The minimum Gasteiger partial charge on any atom is -0.371 e. The van der Waals surface area contributed by atoms with Crippen LogP contribution in [-0.4, -0.2) is 13.1 Å². The van der Waals surface area contributed by atoms with Crippen LogP contribution in [0.4, 0.5) is 5.69 Å². The summed E-state index contributed by atoms with van der Waals surface area (Å²) in [6, 6.07) is 0.619. The summed E-state index contributed by atoms with van der Waals surface area (Å²) in [6.07, 6.45) is 0. The Kier molecular flexibility index (Phi) is 2.52. The molecule has 1 aliphatic rings. The Morgan fingerprint density at radius 1 is 0.812 bits per heavy atom. The van der Waals surface area contributed by atoms with Gasteiger partial charge in [-0.05, 0) is 62.4 Å². The highest BCUT2D eigenvalue weighted by Gasteiger charge is 2.34. The molecule has 2 rings (SSSR count). The van der Waals surface area contributed by atoms with Crippen molar-refractivity contribution in [2.24, 2.45) is 0 Å². The highest BCUT2D eigenvalue weighted by atomic mass is 15.2. The SMILES string of the molecule is Cc1c(C)c(C)c2c(c1C)C(C)C(C)N2C. The van der Waals surface area contributed by atoms with Crippen molar-refractivity contribution in [1.82, 2.24) is 0 Å². The maximum absolute atomic E-state index is 2.45. The second-order valence-electron chi connectivity index (χ2n) is 5.40. The van der Waals surface area contributed by atoms with Gasteiger partial charge in [0.05, 0.1) is 0 Å².